The van der Waals surface area contributed by atoms with Crippen LogP contribution in [0.25, 0.3) is 22.4 Å². The maximum atomic E-state index is 14.4. The number of amides is 3. The van der Waals surface area contributed by atoms with Gasteiger partial charge in [0.05, 0.1) is 68.1 Å². The van der Waals surface area contributed by atoms with Crippen molar-refractivity contribution in [1.29, 1.82) is 0 Å². The largest absolute Gasteiger partial charge is 0.491 e. The number of nitrogens with one attached hydrogen (secondary N) is 2. The Balaban J connectivity index is 0.681. The fourth-order valence-electron chi connectivity index (χ4n) is 10.0. The molecule has 2 atom stereocenters. The van der Waals surface area contributed by atoms with Crippen molar-refractivity contribution in [2.75, 3.05) is 76.0 Å². The Hall–Kier alpha value is -7.00. The van der Waals surface area contributed by atoms with Crippen molar-refractivity contribution in [1.82, 2.24) is 44.6 Å². The first-order valence-electron chi connectivity index (χ1n) is 24.2. The lowest BCUT2D eigenvalue weighted by atomic mass is 9.86. The van der Waals surface area contributed by atoms with Crippen LogP contribution in [0.3, 0.4) is 0 Å². The molecule has 0 radical (unpaired) electrons. The molecule has 0 spiro atoms. The number of pyridine rings is 2. The van der Waals surface area contributed by atoms with Gasteiger partial charge in [-0.1, -0.05) is 6.07 Å². The molecule has 4 aromatic heterocycles. The van der Waals surface area contributed by atoms with Crippen LogP contribution in [-0.2, 0) is 37.7 Å². The number of benzene rings is 2. The van der Waals surface area contributed by atoms with Gasteiger partial charge in [0.2, 0.25) is 11.8 Å². The zero-order chi connectivity index (χ0) is 48.9. The van der Waals surface area contributed by atoms with Crippen LogP contribution >= 0.6 is 0 Å². The quantitative estimate of drug-likeness (QED) is 0.0780. The minimum absolute atomic E-state index is 0.193. The first-order chi connectivity index (χ1) is 34.6. The Morgan fingerprint density at radius 3 is 2.52 bits per heavy atom. The number of nitrogens with zero attached hydrogens (tertiary/aromatic N) is 9. The standard InChI is InChI=1S/C51H56F2N12O6/c52-39-8-5-33(25-40(39)53)41-26-35(43(27-56-41)63-15-3-13-51(54,30-63)44-4-1-2-14-55-44)28-64-32-59-46-47(57-31-58-48(46)64)60-36-11-16-62(17-12-36)18-19-69-20-21-70-22-23-71-37-6-7-38-34(24-37)29-65(50(38)68)42-9-10-45(66)61-49(42)67/h1-2,4-8,14,24-27,31-32,36,42H,3,9-13,15-23,28-30,54H2,(H,57,58,60)(H,61,66,67)/t42?,51-/m1/s1. The molecule has 2 aromatic carbocycles. The number of likely N-dealkylation sites (tertiary alicyclic amines) is 1. The molecule has 0 aliphatic carbocycles. The molecule has 4 N–H and O–H groups in total. The zero-order valence-electron chi connectivity index (χ0n) is 39.3. The zero-order valence-corrected chi connectivity index (χ0v) is 39.3. The Bertz CT molecular complexity index is 2900. The molecule has 71 heavy (non-hydrogen) atoms. The number of rotatable bonds is 18. The van der Waals surface area contributed by atoms with Gasteiger partial charge in [0.25, 0.3) is 5.91 Å². The Morgan fingerprint density at radius 1 is 0.859 bits per heavy atom. The predicted octanol–water partition coefficient (Wildman–Crippen LogP) is 4.81. The van der Waals surface area contributed by atoms with Crippen LogP contribution < -0.4 is 26.0 Å². The van der Waals surface area contributed by atoms with Crippen LogP contribution in [0.5, 0.6) is 5.75 Å². The molecule has 1 unspecified atom stereocenters. The van der Waals surface area contributed by atoms with Crippen LogP contribution in [-0.4, -0.2) is 135 Å². The molecule has 0 bridgehead atoms. The lowest BCUT2D eigenvalue weighted by Gasteiger charge is -2.41. The van der Waals surface area contributed by atoms with E-state index in [0.29, 0.717) is 98.6 Å². The summed E-state index contributed by atoms with van der Waals surface area (Å²) in [5.41, 5.74) is 12.6. The average molecular weight is 971 g/mol. The molecular weight excluding hydrogens is 915 g/mol. The molecular formula is C51H56F2N12O6. The summed E-state index contributed by atoms with van der Waals surface area (Å²) in [6.45, 7) is 6.72. The number of anilines is 2. The first-order valence-corrected chi connectivity index (χ1v) is 24.2. The lowest BCUT2D eigenvalue weighted by molar-refractivity contribution is -0.136. The normalized spacial score (nSPS) is 19.9. The van der Waals surface area contributed by atoms with E-state index in [2.05, 4.69) is 35.4 Å². The average Bonchev–Trinajstić information content (AvgIpc) is 3.94. The highest BCUT2D eigenvalue weighted by Gasteiger charge is 2.39. The smallest absolute Gasteiger partial charge is 0.255 e. The number of fused-ring (bicyclic) bond motifs is 2. The van der Waals surface area contributed by atoms with Crippen LogP contribution in [0.4, 0.5) is 20.3 Å². The fourth-order valence-corrected chi connectivity index (χ4v) is 10.0. The van der Waals surface area contributed by atoms with Gasteiger partial charge in [-0.05, 0) is 97.8 Å². The summed E-state index contributed by atoms with van der Waals surface area (Å²) in [5, 5.41) is 5.96. The number of hydrogen-bond acceptors (Lipinski definition) is 15. The highest BCUT2D eigenvalue weighted by molar-refractivity contribution is 6.05. The van der Waals surface area contributed by atoms with Crippen molar-refractivity contribution in [3.63, 3.8) is 0 Å². The molecule has 3 saturated heterocycles. The third kappa shape index (κ3) is 10.7. The third-order valence-electron chi connectivity index (χ3n) is 13.8. The van der Waals surface area contributed by atoms with Gasteiger partial charge in [-0.15, -0.1) is 0 Å². The van der Waals surface area contributed by atoms with E-state index in [1.807, 2.05) is 34.9 Å². The number of aromatic nitrogens is 6. The Kier molecular flexibility index (Phi) is 14.2. The summed E-state index contributed by atoms with van der Waals surface area (Å²) in [6, 6.07) is 16.3. The van der Waals surface area contributed by atoms with Crippen molar-refractivity contribution in [3.05, 3.63) is 120 Å². The van der Waals surface area contributed by atoms with Gasteiger partial charge >= 0.3 is 0 Å². The van der Waals surface area contributed by atoms with Gasteiger partial charge in [0, 0.05) is 69.1 Å². The molecule has 20 heteroatoms. The maximum Gasteiger partial charge on any atom is 0.255 e. The number of nitrogens with two attached hydrogens (primary N) is 1. The monoisotopic (exact) mass is 970 g/mol. The minimum Gasteiger partial charge on any atom is -0.491 e. The molecule has 0 saturated carbocycles. The second-order valence-electron chi connectivity index (χ2n) is 18.5. The van der Waals surface area contributed by atoms with Gasteiger partial charge < -0.3 is 44.5 Å². The first kappa shape index (κ1) is 47.7. The molecule has 10 rings (SSSR count). The van der Waals surface area contributed by atoms with E-state index in [9.17, 15) is 23.2 Å². The number of imidazole rings is 1. The Morgan fingerprint density at radius 2 is 1.70 bits per heavy atom. The van der Waals surface area contributed by atoms with E-state index in [0.717, 1.165) is 86.5 Å². The highest BCUT2D eigenvalue weighted by atomic mass is 19.2. The second kappa shape index (κ2) is 21.2. The summed E-state index contributed by atoms with van der Waals surface area (Å²) >= 11 is 0. The van der Waals surface area contributed by atoms with Crippen LogP contribution in [0.1, 0.15) is 65.7 Å². The second-order valence-corrected chi connectivity index (χ2v) is 18.5. The predicted molar refractivity (Wildman–Crippen MR) is 258 cm³/mol. The molecule has 370 valence electrons. The van der Waals surface area contributed by atoms with E-state index in [4.69, 9.17) is 29.9 Å². The number of carbonyl (C=O) groups excluding carboxylic acids is 3. The summed E-state index contributed by atoms with van der Waals surface area (Å²) in [7, 11) is 0. The summed E-state index contributed by atoms with van der Waals surface area (Å²) in [5.74, 6) is -1.55. The van der Waals surface area contributed by atoms with Gasteiger partial charge in [-0.3, -0.25) is 29.7 Å². The van der Waals surface area contributed by atoms with E-state index >= 15 is 0 Å². The van der Waals surface area contributed by atoms with Crippen molar-refractivity contribution in [2.24, 2.45) is 5.73 Å². The highest BCUT2D eigenvalue weighted by Crippen LogP contribution is 2.35. The number of hydrogen-bond donors (Lipinski definition) is 3. The fraction of sp³-hybridized carbons (Fsp3) is 0.412. The molecule has 8 heterocycles. The molecule has 3 fully saturated rings. The Labute approximate surface area is 408 Å². The molecule has 6 aromatic rings. The number of piperidine rings is 3. The maximum absolute atomic E-state index is 14.4. The molecule has 3 amide bonds. The topological polar surface area (TPSA) is 208 Å². The number of halogens is 2. The van der Waals surface area contributed by atoms with Gasteiger partial charge in [0.15, 0.2) is 23.1 Å². The van der Waals surface area contributed by atoms with Crippen molar-refractivity contribution < 1.29 is 37.4 Å². The summed E-state index contributed by atoms with van der Waals surface area (Å²) in [4.78, 5) is 66.4. The molecule has 18 nitrogen and oxygen atoms in total. The SMILES string of the molecule is N[C@]1(c2ccccn2)CCCN(c2cnc(-c3ccc(F)c(F)c3)cc2Cn2cnc3c(NC4CCN(CCOCCOCCOc5ccc6c(c5)CN(C5CCC(=O)NC5=O)C6=O)CC4)ncnc32)C1. The van der Waals surface area contributed by atoms with Crippen LogP contribution in [0.15, 0.2) is 85.7 Å². The van der Waals surface area contributed by atoms with Gasteiger partial charge in [-0.2, -0.15) is 0 Å². The third-order valence-corrected chi connectivity index (χ3v) is 13.8. The number of carbonyl (C=O) groups is 3. The van der Waals surface area contributed by atoms with Crippen LogP contribution in [0, 0.1) is 11.6 Å². The van der Waals surface area contributed by atoms with Crippen molar-refractivity contribution in [2.45, 2.75) is 69.2 Å². The van der Waals surface area contributed by atoms with Gasteiger partial charge in [-0.25, -0.2) is 23.7 Å². The van der Waals surface area contributed by atoms with Crippen molar-refractivity contribution in [3.8, 4) is 17.0 Å². The minimum atomic E-state index is -0.940. The van der Waals surface area contributed by atoms with Crippen molar-refractivity contribution >= 4 is 40.4 Å². The van der Waals surface area contributed by atoms with E-state index in [1.165, 1.54) is 11.0 Å². The molecule has 4 aliphatic heterocycles. The van der Waals surface area contributed by atoms with E-state index in [1.54, 1.807) is 37.2 Å². The van der Waals surface area contributed by atoms with E-state index in [-0.39, 0.29) is 24.3 Å². The number of ether oxygens (including phenoxy) is 3. The van der Waals surface area contributed by atoms with E-state index < -0.39 is 29.1 Å². The number of imide groups is 1. The lowest BCUT2D eigenvalue weighted by Crippen LogP contribution is -2.52. The summed E-state index contributed by atoms with van der Waals surface area (Å²) < 4.78 is 47.8. The van der Waals surface area contributed by atoms with Crippen LogP contribution in [0.2, 0.25) is 0 Å². The summed E-state index contributed by atoms with van der Waals surface area (Å²) in [6.07, 6.45) is 10.8. The molecule has 4 aliphatic rings. The van der Waals surface area contributed by atoms with Gasteiger partial charge in [0.1, 0.15) is 30.2 Å².